The lowest BCUT2D eigenvalue weighted by Crippen LogP contribution is -2.20. The third kappa shape index (κ3) is 2.85. The number of fused-ring (bicyclic) bond motifs is 1. The highest BCUT2D eigenvalue weighted by atomic mass is 35.5. The molecule has 0 saturated heterocycles. The molecule has 2 aromatic rings. The van der Waals surface area contributed by atoms with Gasteiger partial charge in [0.1, 0.15) is 11.5 Å². The minimum atomic E-state index is 0.275. The standard InChI is InChI=1S/C19H23ClN2O2/c1-11-18-13(3)22(10-16(18)21-12(2)19(11)20)9-14-6-7-15(23-4)8-17(14)24-5/h6-8,13H,9-10H2,1-5H3. The second-order valence-electron chi connectivity index (χ2n) is 6.26. The lowest BCUT2D eigenvalue weighted by molar-refractivity contribution is 0.215. The number of benzene rings is 1. The van der Waals surface area contributed by atoms with Gasteiger partial charge in [-0.1, -0.05) is 17.7 Å². The summed E-state index contributed by atoms with van der Waals surface area (Å²) in [6, 6.07) is 6.23. The van der Waals surface area contributed by atoms with Gasteiger partial charge in [0.25, 0.3) is 0 Å². The summed E-state index contributed by atoms with van der Waals surface area (Å²) >= 11 is 6.40. The topological polar surface area (TPSA) is 34.6 Å². The summed E-state index contributed by atoms with van der Waals surface area (Å²) in [5.41, 5.74) is 5.59. The Hall–Kier alpha value is -1.78. The van der Waals surface area contributed by atoms with Gasteiger partial charge in [-0.3, -0.25) is 9.88 Å². The zero-order valence-electron chi connectivity index (χ0n) is 14.8. The first-order chi connectivity index (χ1) is 11.5. The first-order valence-electron chi connectivity index (χ1n) is 8.06. The Kier molecular flexibility index (Phi) is 4.70. The van der Waals surface area contributed by atoms with E-state index in [1.165, 1.54) is 5.56 Å². The van der Waals surface area contributed by atoms with Gasteiger partial charge in [0.2, 0.25) is 0 Å². The molecule has 0 aliphatic carbocycles. The number of hydrogen-bond donors (Lipinski definition) is 0. The van der Waals surface area contributed by atoms with E-state index in [9.17, 15) is 0 Å². The van der Waals surface area contributed by atoms with Crippen molar-refractivity contribution in [2.24, 2.45) is 0 Å². The van der Waals surface area contributed by atoms with Crippen LogP contribution in [0.2, 0.25) is 5.02 Å². The lowest BCUT2D eigenvalue weighted by atomic mass is 10.0. The molecule has 5 heteroatoms. The normalized spacial score (nSPS) is 17.0. The van der Waals surface area contributed by atoms with Crippen LogP contribution in [0.3, 0.4) is 0 Å². The first kappa shape index (κ1) is 17.1. The maximum atomic E-state index is 6.40. The summed E-state index contributed by atoms with van der Waals surface area (Å²) in [6.07, 6.45) is 0. The Bertz CT molecular complexity index is 776. The molecule has 1 aromatic carbocycles. The zero-order valence-corrected chi connectivity index (χ0v) is 15.6. The molecule has 1 atom stereocenters. The Morgan fingerprint density at radius 2 is 2.00 bits per heavy atom. The fourth-order valence-corrected chi connectivity index (χ4v) is 3.64. The van der Waals surface area contributed by atoms with Crippen LogP contribution < -0.4 is 9.47 Å². The first-order valence-corrected chi connectivity index (χ1v) is 8.44. The number of rotatable bonds is 4. The van der Waals surface area contributed by atoms with E-state index in [2.05, 4.69) is 24.8 Å². The number of aromatic nitrogens is 1. The second-order valence-corrected chi connectivity index (χ2v) is 6.63. The summed E-state index contributed by atoms with van der Waals surface area (Å²) in [4.78, 5) is 7.10. The molecule has 2 heterocycles. The molecule has 1 aliphatic rings. The SMILES string of the molecule is COc1ccc(CN2Cc3nc(C)c(Cl)c(C)c3C2C)c(OC)c1. The van der Waals surface area contributed by atoms with E-state index in [4.69, 9.17) is 26.1 Å². The van der Waals surface area contributed by atoms with Crippen LogP contribution in [0.5, 0.6) is 11.5 Å². The monoisotopic (exact) mass is 346 g/mol. The maximum absolute atomic E-state index is 6.40. The number of halogens is 1. The van der Waals surface area contributed by atoms with Crippen molar-refractivity contribution in [2.75, 3.05) is 14.2 Å². The average Bonchev–Trinajstić information content (AvgIpc) is 2.88. The highest BCUT2D eigenvalue weighted by molar-refractivity contribution is 6.32. The Morgan fingerprint density at radius 3 is 2.67 bits per heavy atom. The summed E-state index contributed by atoms with van der Waals surface area (Å²) < 4.78 is 10.8. The van der Waals surface area contributed by atoms with Crippen LogP contribution in [0.4, 0.5) is 0 Å². The zero-order chi connectivity index (χ0) is 17.4. The fourth-order valence-electron chi connectivity index (χ4n) is 3.50. The number of methoxy groups -OCH3 is 2. The molecule has 0 amide bonds. The summed E-state index contributed by atoms with van der Waals surface area (Å²) in [7, 11) is 3.35. The predicted octanol–water partition coefficient (Wildman–Crippen LogP) is 4.45. The minimum absolute atomic E-state index is 0.275. The molecule has 0 saturated carbocycles. The number of hydrogen-bond acceptors (Lipinski definition) is 4. The smallest absolute Gasteiger partial charge is 0.127 e. The number of aryl methyl sites for hydroxylation is 1. The summed E-state index contributed by atoms with van der Waals surface area (Å²) in [6.45, 7) is 7.88. The van der Waals surface area contributed by atoms with Crippen LogP contribution in [0, 0.1) is 13.8 Å². The van der Waals surface area contributed by atoms with E-state index in [1.54, 1.807) is 14.2 Å². The molecule has 0 radical (unpaired) electrons. The van der Waals surface area contributed by atoms with Crippen molar-refractivity contribution in [1.82, 2.24) is 9.88 Å². The summed E-state index contributed by atoms with van der Waals surface area (Å²) in [5.74, 6) is 1.64. The van der Waals surface area contributed by atoms with Crippen LogP contribution >= 0.6 is 11.6 Å². The summed E-state index contributed by atoms with van der Waals surface area (Å²) in [5, 5.41) is 0.782. The van der Waals surface area contributed by atoms with Crippen molar-refractivity contribution >= 4 is 11.6 Å². The van der Waals surface area contributed by atoms with E-state index >= 15 is 0 Å². The molecule has 4 nitrogen and oxygen atoms in total. The van der Waals surface area contributed by atoms with E-state index in [-0.39, 0.29) is 6.04 Å². The highest BCUT2D eigenvalue weighted by Gasteiger charge is 2.31. The molecule has 0 spiro atoms. The van der Waals surface area contributed by atoms with Gasteiger partial charge < -0.3 is 9.47 Å². The van der Waals surface area contributed by atoms with Gasteiger partial charge in [0.15, 0.2) is 0 Å². The third-order valence-corrected chi connectivity index (χ3v) is 5.41. The molecule has 1 aliphatic heterocycles. The maximum Gasteiger partial charge on any atom is 0.127 e. The average molecular weight is 347 g/mol. The largest absolute Gasteiger partial charge is 0.497 e. The van der Waals surface area contributed by atoms with Crippen molar-refractivity contribution < 1.29 is 9.47 Å². The highest BCUT2D eigenvalue weighted by Crippen LogP contribution is 2.39. The van der Waals surface area contributed by atoms with E-state index in [0.29, 0.717) is 0 Å². The van der Waals surface area contributed by atoms with Crippen molar-refractivity contribution in [3.63, 3.8) is 0 Å². The molecular formula is C19H23ClN2O2. The van der Waals surface area contributed by atoms with Gasteiger partial charge in [-0.05, 0) is 38.0 Å². The second kappa shape index (κ2) is 6.61. The molecule has 128 valence electrons. The van der Waals surface area contributed by atoms with Gasteiger partial charge in [-0.25, -0.2) is 0 Å². The van der Waals surface area contributed by atoms with Gasteiger partial charge in [0, 0.05) is 30.8 Å². The predicted molar refractivity (Wildman–Crippen MR) is 95.9 cm³/mol. The number of nitrogens with zero attached hydrogens (tertiary/aromatic N) is 2. The quantitative estimate of drug-likeness (QED) is 0.819. The molecule has 24 heavy (non-hydrogen) atoms. The Morgan fingerprint density at radius 1 is 1.25 bits per heavy atom. The minimum Gasteiger partial charge on any atom is -0.497 e. The van der Waals surface area contributed by atoms with E-state index in [1.807, 2.05) is 19.1 Å². The van der Waals surface area contributed by atoms with Crippen LogP contribution in [0.1, 0.15) is 41.0 Å². The molecule has 1 aromatic heterocycles. The number of pyridine rings is 1. The molecule has 1 unspecified atom stereocenters. The molecule has 0 N–H and O–H groups in total. The van der Waals surface area contributed by atoms with Crippen LogP contribution in [-0.2, 0) is 13.1 Å². The van der Waals surface area contributed by atoms with Gasteiger partial charge in [0.05, 0.1) is 30.6 Å². The van der Waals surface area contributed by atoms with Gasteiger partial charge in [-0.2, -0.15) is 0 Å². The molecule has 0 fully saturated rings. The van der Waals surface area contributed by atoms with E-state index in [0.717, 1.165) is 52.1 Å². The van der Waals surface area contributed by atoms with E-state index < -0.39 is 0 Å². The fraction of sp³-hybridized carbons (Fsp3) is 0.421. The van der Waals surface area contributed by atoms with Crippen LogP contribution in [0.15, 0.2) is 18.2 Å². The number of ether oxygens (including phenoxy) is 2. The van der Waals surface area contributed by atoms with Crippen molar-refractivity contribution in [2.45, 2.75) is 39.9 Å². The third-order valence-electron chi connectivity index (χ3n) is 4.85. The van der Waals surface area contributed by atoms with Gasteiger partial charge in [-0.15, -0.1) is 0 Å². The van der Waals surface area contributed by atoms with Crippen molar-refractivity contribution in [3.05, 3.63) is 51.3 Å². The Labute approximate surface area is 148 Å². The van der Waals surface area contributed by atoms with Crippen molar-refractivity contribution in [1.29, 1.82) is 0 Å². The molecule has 0 bridgehead atoms. The van der Waals surface area contributed by atoms with Crippen LogP contribution in [0.25, 0.3) is 0 Å². The van der Waals surface area contributed by atoms with Crippen molar-refractivity contribution in [3.8, 4) is 11.5 Å². The lowest BCUT2D eigenvalue weighted by Gasteiger charge is -2.23. The molecular weight excluding hydrogens is 324 g/mol. The van der Waals surface area contributed by atoms with Crippen LogP contribution in [-0.4, -0.2) is 24.1 Å². The van der Waals surface area contributed by atoms with Gasteiger partial charge >= 0.3 is 0 Å². The molecule has 3 rings (SSSR count). The Balaban J connectivity index is 1.90.